The lowest BCUT2D eigenvalue weighted by atomic mass is 9.92. The molecular weight excluding hydrogens is 690 g/mol. The maximum absolute atomic E-state index is 15.4. The number of rotatable bonds is 5. The number of hydrogen-bond donors (Lipinski definition) is 0. The van der Waals surface area contributed by atoms with E-state index in [0.29, 0.717) is 0 Å². The van der Waals surface area contributed by atoms with Crippen molar-refractivity contribution in [2.24, 2.45) is 0 Å². The van der Waals surface area contributed by atoms with Crippen LogP contribution in [-0.4, -0.2) is 4.98 Å². The van der Waals surface area contributed by atoms with Crippen LogP contribution in [0.1, 0.15) is 0 Å². The van der Waals surface area contributed by atoms with Gasteiger partial charge in [0, 0.05) is 37.6 Å². The lowest BCUT2D eigenvalue weighted by Gasteiger charge is -2.21. The van der Waals surface area contributed by atoms with E-state index in [4.69, 9.17) is 9.40 Å². The third-order valence-electron chi connectivity index (χ3n) is 11.1. The highest BCUT2D eigenvalue weighted by Crippen LogP contribution is 2.46. The third kappa shape index (κ3) is 4.84. The number of fused-ring (bicyclic) bond motifs is 11. The van der Waals surface area contributed by atoms with Gasteiger partial charge in [-0.05, 0) is 67.7 Å². The summed E-state index contributed by atoms with van der Waals surface area (Å²) in [5, 5.41) is 12.8. The molecule has 4 heteroatoms. The smallest absolute Gasteiger partial charge is 0.171 e. The van der Waals surface area contributed by atoms with Gasteiger partial charge >= 0.3 is 0 Å². The third-order valence-corrected chi connectivity index (χ3v) is 14.2. The summed E-state index contributed by atoms with van der Waals surface area (Å²) in [6.07, 6.45) is 0. The topological polar surface area (TPSA) is 43.1 Å². The minimum absolute atomic E-state index is 0.751. The van der Waals surface area contributed by atoms with Gasteiger partial charge in [0.25, 0.3) is 0 Å². The standard InChI is InChI=1S/C51H32NO2P/c53-55(35-16-3-1-4-17-35,36-18-5-2-6-19-36)37-20-13-15-33(31-37)38-26-14-27-46-48(38)49-44-25-11-12-28-47(44)54-51(49)50(52-46)34-29-30-43-41-23-8-7-21-39(41)40-22-9-10-24-42(40)45(43)32-34/h1-32H. The van der Waals surface area contributed by atoms with Crippen molar-refractivity contribution in [2.45, 2.75) is 0 Å². The Balaban J connectivity index is 1.17. The summed E-state index contributed by atoms with van der Waals surface area (Å²) in [5.41, 5.74) is 6.22. The molecule has 0 aliphatic rings. The molecule has 55 heavy (non-hydrogen) atoms. The zero-order valence-electron chi connectivity index (χ0n) is 29.7. The molecule has 0 amide bonds. The van der Waals surface area contributed by atoms with Crippen LogP contribution in [0.25, 0.3) is 87.5 Å². The maximum Gasteiger partial charge on any atom is 0.171 e. The predicted octanol–water partition coefficient (Wildman–Crippen LogP) is 12.6. The van der Waals surface area contributed by atoms with Crippen molar-refractivity contribution in [3.05, 3.63) is 194 Å². The molecule has 2 heterocycles. The lowest BCUT2D eigenvalue weighted by Crippen LogP contribution is -2.25. The van der Waals surface area contributed by atoms with E-state index in [-0.39, 0.29) is 0 Å². The average Bonchev–Trinajstić information content (AvgIpc) is 3.66. The van der Waals surface area contributed by atoms with Crippen molar-refractivity contribution < 1.29 is 8.98 Å². The first-order chi connectivity index (χ1) is 27.2. The molecule has 2 aromatic heterocycles. The van der Waals surface area contributed by atoms with Gasteiger partial charge in [-0.25, -0.2) is 4.98 Å². The zero-order chi connectivity index (χ0) is 36.5. The van der Waals surface area contributed by atoms with Crippen LogP contribution in [0.2, 0.25) is 0 Å². The fourth-order valence-electron chi connectivity index (χ4n) is 8.61. The van der Waals surface area contributed by atoms with Crippen LogP contribution in [0.3, 0.4) is 0 Å². The molecule has 3 nitrogen and oxygen atoms in total. The number of furan rings is 1. The number of nitrogens with zero attached hydrogens (tertiary/aromatic N) is 1. The van der Waals surface area contributed by atoms with Crippen molar-refractivity contribution in [2.75, 3.05) is 0 Å². The van der Waals surface area contributed by atoms with E-state index < -0.39 is 7.14 Å². The molecule has 0 fully saturated rings. The van der Waals surface area contributed by atoms with E-state index >= 15 is 4.57 Å². The Morgan fingerprint density at radius 1 is 0.400 bits per heavy atom. The number of para-hydroxylation sites is 1. The molecule has 11 aromatic rings. The van der Waals surface area contributed by atoms with Gasteiger partial charge in [-0.15, -0.1) is 0 Å². The highest BCUT2D eigenvalue weighted by molar-refractivity contribution is 7.85. The van der Waals surface area contributed by atoms with E-state index in [1.807, 2.05) is 84.9 Å². The molecule has 0 unspecified atom stereocenters. The fraction of sp³-hybridized carbons (Fsp3) is 0. The fourth-order valence-corrected chi connectivity index (χ4v) is 11.3. The molecule has 0 bridgehead atoms. The quantitative estimate of drug-likeness (QED) is 0.131. The van der Waals surface area contributed by atoms with Gasteiger partial charge in [-0.2, -0.15) is 0 Å². The van der Waals surface area contributed by atoms with Crippen LogP contribution in [0.15, 0.2) is 199 Å². The Morgan fingerprint density at radius 3 is 1.62 bits per heavy atom. The van der Waals surface area contributed by atoms with Crippen LogP contribution in [0.4, 0.5) is 0 Å². The molecular formula is C51H32NO2P. The van der Waals surface area contributed by atoms with Crippen LogP contribution >= 0.6 is 7.14 Å². The molecule has 0 aliphatic heterocycles. The molecule has 0 radical (unpaired) electrons. The summed E-state index contributed by atoms with van der Waals surface area (Å²) in [6, 6.07) is 66.5. The number of benzene rings is 9. The second kappa shape index (κ2) is 12.4. The summed E-state index contributed by atoms with van der Waals surface area (Å²) in [6.45, 7) is 0. The van der Waals surface area contributed by atoms with Gasteiger partial charge in [-0.3, -0.25) is 0 Å². The van der Waals surface area contributed by atoms with Crippen LogP contribution in [0, 0.1) is 0 Å². The normalized spacial score (nSPS) is 12.1. The maximum atomic E-state index is 15.4. The van der Waals surface area contributed by atoms with Crippen LogP contribution in [-0.2, 0) is 4.57 Å². The lowest BCUT2D eigenvalue weighted by molar-refractivity contribution is 0.592. The first-order valence-corrected chi connectivity index (χ1v) is 20.3. The Bertz CT molecular complexity index is 3270. The molecule has 0 spiro atoms. The second-order valence-electron chi connectivity index (χ2n) is 14.1. The van der Waals surface area contributed by atoms with Crippen LogP contribution < -0.4 is 15.9 Å². The largest absolute Gasteiger partial charge is 0.454 e. The summed E-state index contributed by atoms with van der Waals surface area (Å²) in [5.74, 6) is 0. The van der Waals surface area contributed by atoms with Crippen LogP contribution in [0.5, 0.6) is 0 Å². The van der Waals surface area contributed by atoms with Gasteiger partial charge < -0.3 is 8.98 Å². The van der Waals surface area contributed by atoms with Gasteiger partial charge in [0.05, 0.1) is 5.52 Å². The summed E-state index contributed by atoms with van der Waals surface area (Å²) < 4.78 is 22.2. The Labute approximate surface area is 317 Å². The van der Waals surface area contributed by atoms with Crippen molar-refractivity contribution in [3.63, 3.8) is 0 Å². The zero-order valence-corrected chi connectivity index (χ0v) is 30.6. The molecule has 0 aliphatic carbocycles. The van der Waals surface area contributed by atoms with E-state index in [1.54, 1.807) is 0 Å². The highest BCUT2D eigenvalue weighted by Gasteiger charge is 2.30. The Hall–Kier alpha value is -6.80. The van der Waals surface area contributed by atoms with E-state index in [0.717, 1.165) is 71.1 Å². The van der Waals surface area contributed by atoms with Crippen molar-refractivity contribution in [1.29, 1.82) is 0 Å². The number of hydrogen-bond acceptors (Lipinski definition) is 3. The Kier molecular flexibility index (Phi) is 7.14. The number of pyridine rings is 1. The van der Waals surface area contributed by atoms with Crippen molar-refractivity contribution >= 4 is 88.2 Å². The molecule has 258 valence electrons. The van der Waals surface area contributed by atoms with E-state index in [1.165, 1.54) is 32.3 Å². The minimum atomic E-state index is -3.20. The molecule has 0 N–H and O–H groups in total. The summed E-state index contributed by atoms with van der Waals surface area (Å²) in [4.78, 5) is 5.42. The van der Waals surface area contributed by atoms with Gasteiger partial charge in [0.15, 0.2) is 12.7 Å². The monoisotopic (exact) mass is 721 g/mol. The first-order valence-electron chi connectivity index (χ1n) is 18.6. The average molecular weight is 722 g/mol. The van der Waals surface area contributed by atoms with Crippen molar-refractivity contribution in [1.82, 2.24) is 4.98 Å². The second-order valence-corrected chi connectivity index (χ2v) is 16.9. The minimum Gasteiger partial charge on any atom is -0.454 e. The number of aromatic nitrogens is 1. The van der Waals surface area contributed by atoms with E-state index in [2.05, 4.69) is 109 Å². The van der Waals surface area contributed by atoms with Gasteiger partial charge in [-0.1, -0.05) is 170 Å². The summed E-state index contributed by atoms with van der Waals surface area (Å²) in [7, 11) is -3.20. The molecule has 0 saturated heterocycles. The Morgan fingerprint density at radius 2 is 0.945 bits per heavy atom. The SMILES string of the molecule is O=P(c1ccccc1)(c1ccccc1)c1cccc(-c2cccc3nc(-c4ccc5c6ccccc6c6ccccc6c5c4)c4oc5ccccc5c4c23)c1. The molecule has 9 aromatic carbocycles. The molecule has 0 saturated carbocycles. The molecule has 0 atom stereocenters. The van der Waals surface area contributed by atoms with Crippen molar-refractivity contribution in [3.8, 4) is 22.4 Å². The van der Waals surface area contributed by atoms with Gasteiger partial charge in [0.1, 0.15) is 11.3 Å². The van der Waals surface area contributed by atoms with E-state index in [9.17, 15) is 0 Å². The predicted molar refractivity (Wildman–Crippen MR) is 232 cm³/mol. The molecule has 11 rings (SSSR count). The summed E-state index contributed by atoms with van der Waals surface area (Å²) >= 11 is 0. The first kappa shape index (κ1) is 31.7. The van der Waals surface area contributed by atoms with Gasteiger partial charge in [0.2, 0.25) is 0 Å². The highest BCUT2D eigenvalue weighted by atomic mass is 31.2.